The van der Waals surface area contributed by atoms with Gasteiger partial charge in [0.25, 0.3) is 0 Å². The van der Waals surface area contributed by atoms with Crippen molar-refractivity contribution >= 4 is 11.8 Å². The first kappa shape index (κ1) is 12.0. The van der Waals surface area contributed by atoms with Crippen LogP contribution in [0.3, 0.4) is 0 Å². The molecule has 0 saturated carbocycles. The summed E-state index contributed by atoms with van der Waals surface area (Å²) in [4.78, 5) is 10.8. The van der Waals surface area contributed by atoms with Gasteiger partial charge in [0.05, 0.1) is 19.9 Å². The molecule has 5 heteroatoms. The zero-order chi connectivity index (χ0) is 12.0. The van der Waals surface area contributed by atoms with E-state index >= 15 is 0 Å². The molecule has 0 unspecified atom stereocenters. The van der Waals surface area contributed by atoms with Gasteiger partial charge in [-0.05, 0) is 19.1 Å². The van der Waals surface area contributed by atoms with E-state index in [1.165, 1.54) is 7.11 Å². The summed E-state index contributed by atoms with van der Waals surface area (Å²) in [5, 5.41) is 3.88. The second-order valence-electron chi connectivity index (χ2n) is 3.03. The molecule has 0 bridgehead atoms. The lowest BCUT2D eigenvalue weighted by molar-refractivity contribution is 0.171. The molecule has 1 aromatic carbocycles. The van der Waals surface area contributed by atoms with Crippen molar-refractivity contribution in [3.05, 3.63) is 29.8 Å². The number of nitrogens with one attached hydrogen (secondary N) is 1. The van der Waals surface area contributed by atoms with Crippen LogP contribution in [-0.4, -0.2) is 26.0 Å². The molecule has 1 N–H and O–H groups in total. The highest BCUT2D eigenvalue weighted by Crippen LogP contribution is 2.12. The van der Waals surface area contributed by atoms with Gasteiger partial charge in [0, 0.05) is 5.56 Å². The maximum absolute atomic E-state index is 10.8. The molecule has 1 amide bonds. The molecule has 0 radical (unpaired) electrons. The molecule has 0 aromatic heterocycles. The van der Waals surface area contributed by atoms with Crippen molar-refractivity contribution in [2.24, 2.45) is 5.10 Å². The number of nitrogens with zero attached hydrogens (tertiary/aromatic N) is 1. The minimum atomic E-state index is -0.595. The first-order chi connectivity index (χ1) is 7.67. The summed E-state index contributed by atoms with van der Waals surface area (Å²) in [6.45, 7) is 1.78. The van der Waals surface area contributed by atoms with E-state index in [2.05, 4.69) is 15.3 Å². The lowest BCUT2D eigenvalue weighted by Crippen LogP contribution is -2.18. The van der Waals surface area contributed by atoms with Crippen LogP contribution in [-0.2, 0) is 4.74 Å². The number of ether oxygens (including phenoxy) is 2. The van der Waals surface area contributed by atoms with Crippen LogP contribution >= 0.6 is 0 Å². The van der Waals surface area contributed by atoms with Gasteiger partial charge in [-0.25, -0.2) is 10.2 Å². The molecular weight excluding hydrogens is 208 g/mol. The van der Waals surface area contributed by atoms with Gasteiger partial charge in [0.2, 0.25) is 0 Å². The van der Waals surface area contributed by atoms with Crippen molar-refractivity contribution in [2.75, 3.05) is 14.2 Å². The average Bonchev–Trinajstić information content (AvgIpc) is 2.35. The molecule has 0 aliphatic rings. The van der Waals surface area contributed by atoms with Gasteiger partial charge in [-0.15, -0.1) is 0 Å². The Labute approximate surface area is 94.1 Å². The number of benzene rings is 1. The van der Waals surface area contributed by atoms with E-state index in [9.17, 15) is 4.79 Å². The van der Waals surface area contributed by atoms with Gasteiger partial charge in [-0.2, -0.15) is 5.10 Å². The van der Waals surface area contributed by atoms with Crippen LogP contribution in [0, 0.1) is 0 Å². The summed E-state index contributed by atoms with van der Waals surface area (Å²) in [5.41, 5.74) is 3.80. The van der Waals surface area contributed by atoms with Crippen LogP contribution in [0.1, 0.15) is 12.5 Å². The normalized spacial score (nSPS) is 10.8. The zero-order valence-corrected chi connectivity index (χ0v) is 9.48. The Morgan fingerprint density at radius 3 is 2.75 bits per heavy atom. The lowest BCUT2D eigenvalue weighted by Gasteiger charge is -2.04. The topological polar surface area (TPSA) is 59.9 Å². The molecule has 1 aromatic rings. The molecule has 0 fully saturated rings. The van der Waals surface area contributed by atoms with Crippen LogP contribution < -0.4 is 10.2 Å². The minimum Gasteiger partial charge on any atom is -0.497 e. The van der Waals surface area contributed by atoms with E-state index in [1.54, 1.807) is 14.0 Å². The fourth-order valence-electron chi connectivity index (χ4n) is 1.09. The molecule has 0 aliphatic heterocycles. The summed E-state index contributed by atoms with van der Waals surface area (Å²) < 4.78 is 9.48. The SMILES string of the molecule is COC(=O)N/N=C(\C)c1cccc(OC)c1. The minimum absolute atomic E-state index is 0.595. The number of rotatable bonds is 3. The van der Waals surface area contributed by atoms with Crippen LogP contribution in [0.2, 0.25) is 0 Å². The number of carbonyl (C=O) groups is 1. The Morgan fingerprint density at radius 1 is 1.38 bits per heavy atom. The van der Waals surface area contributed by atoms with E-state index in [1.807, 2.05) is 24.3 Å². The molecule has 16 heavy (non-hydrogen) atoms. The largest absolute Gasteiger partial charge is 0.497 e. The van der Waals surface area contributed by atoms with E-state index in [0.717, 1.165) is 11.3 Å². The molecule has 0 aliphatic carbocycles. The molecule has 0 spiro atoms. The second kappa shape index (κ2) is 5.75. The highest BCUT2D eigenvalue weighted by atomic mass is 16.5. The summed E-state index contributed by atoms with van der Waals surface area (Å²) in [6, 6.07) is 7.40. The number of hydrazone groups is 1. The molecule has 5 nitrogen and oxygen atoms in total. The van der Waals surface area contributed by atoms with E-state index in [4.69, 9.17) is 4.74 Å². The van der Waals surface area contributed by atoms with Gasteiger partial charge in [0.15, 0.2) is 0 Å². The maximum atomic E-state index is 10.8. The Hall–Kier alpha value is -2.04. The summed E-state index contributed by atoms with van der Waals surface area (Å²) in [5.74, 6) is 0.741. The van der Waals surface area contributed by atoms with Gasteiger partial charge in [0.1, 0.15) is 5.75 Å². The number of amides is 1. The van der Waals surface area contributed by atoms with Gasteiger partial charge in [-0.3, -0.25) is 0 Å². The standard InChI is InChI=1S/C11H14N2O3/c1-8(12-13-11(14)16-3)9-5-4-6-10(7-9)15-2/h4-7H,1-3H3,(H,13,14)/b12-8+. The molecule has 1 rings (SSSR count). The monoisotopic (exact) mass is 222 g/mol. The van der Waals surface area contributed by atoms with Crippen LogP contribution in [0.5, 0.6) is 5.75 Å². The Kier molecular flexibility index (Phi) is 4.32. The quantitative estimate of drug-likeness (QED) is 0.626. The number of carbonyl (C=O) groups excluding carboxylic acids is 1. The number of hydrogen-bond donors (Lipinski definition) is 1. The second-order valence-corrected chi connectivity index (χ2v) is 3.03. The van der Waals surface area contributed by atoms with Crippen LogP contribution in [0.15, 0.2) is 29.4 Å². The molecular formula is C11H14N2O3. The highest BCUT2D eigenvalue weighted by molar-refractivity contribution is 5.99. The smallest absolute Gasteiger partial charge is 0.427 e. The number of hydrogen-bond acceptors (Lipinski definition) is 4. The van der Waals surface area contributed by atoms with Crippen LogP contribution in [0.4, 0.5) is 4.79 Å². The number of methoxy groups -OCH3 is 2. The van der Waals surface area contributed by atoms with Gasteiger partial charge < -0.3 is 9.47 Å². The summed E-state index contributed by atoms with van der Waals surface area (Å²) >= 11 is 0. The van der Waals surface area contributed by atoms with Gasteiger partial charge in [-0.1, -0.05) is 12.1 Å². The summed E-state index contributed by atoms with van der Waals surface area (Å²) in [6.07, 6.45) is -0.595. The van der Waals surface area contributed by atoms with Crippen molar-refractivity contribution in [2.45, 2.75) is 6.92 Å². The van der Waals surface area contributed by atoms with Gasteiger partial charge >= 0.3 is 6.09 Å². The highest BCUT2D eigenvalue weighted by Gasteiger charge is 2.01. The molecule has 0 heterocycles. The fraction of sp³-hybridized carbons (Fsp3) is 0.273. The van der Waals surface area contributed by atoms with Crippen molar-refractivity contribution in [1.29, 1.82) is 0 Å². The lowest BCUT2D eigenvalue weighted by atomic mass is 10.1. The molecule has 0 atom stereocenters. The zero-order valence-electron chi connectivity index (χ0n) is 9.48. The van der Waals surface area contributed by atoms with Crippen molar-refractivity contribution in [3.63, 3.8) is 0 Å². The third-order valence-electron chi connectivity index (χ3n) is 1.99. The third-order valence-corrected chi connectivity index (χ3v) is 1.99. The first-order valence-corrected chi connectivity index (χ1v) is 4.70. The average molecular weight is 222 g/mol. The van der Waals surface area contributed by atoms with E-state index in [0.29, 0.717) is 5.71 Å². The third kappa shape index (κ3) is 3.27. The van der Waals surface area contributed by atoms with Crippen molar-refractivity contribution in [1.82, 2.24) is 5.43 Å². The molecule has 0 saturated heterocycles. The predicted molar refractivity (Wildman–Crippen MR) is 60.7 cm³/mol. The fourth-order valence-corrected chi connectivity index (χ4v) is 1.09. The van der Waals surface area contributed by atoms with E-state index in [-0.39, 0.29) is 0 Å². The molecule has 86 valence electrons. The van der Waals surface area contributed by atoms with Crippen molar-refractivity contribution in [3.8, 4) is 5.75 Å². The van der Waals surface area contributed by atoms with Crippen molar-refractivity contribution < 1.29 is 14.3 Å². The summed E-state index contributed by atoms with van der Waals surface area (Å²) in [7, 11) is 2.88. The van der Waals surface area contributed by atoms with Crippen LogP contribution in [0.25, 0.3) is 0 Å². The Bertz CT molecular complexity index is 402. The predicted octanol–water partition coefficient (Wildman–Crippen LogP) is 1.78. The Morgan fingerprint density at radius 2 is 2.12 bits per heavy atom. The Balaban J connectivity index is 2.78. The maximum Gasteiger partial charge on any atom is 0.427 e. The van der Waals surface area contributed by atoms with E-state index < -0.39 is 6.09 Å². The first-order valence-electron chi connectivity index (χ1n) is 4.70.